The Kier molecular flexibility index (Phi) is 5.73. The van der Waals surface area contributed by atoms with Gasteiger partial charge in [-0.05, 0) is 37.3 Å². The van der Waals surface area contributed by atoms with E-state index in [1.807, 2.05) is 23.6 Å². The molecular formula is C17H14Cl2N4OS. The third-order valence-electron chi connectivity index (χ3n) is 3.54. The second-order valence-electron chi connectivity index (χ2n) is 5.12. The van der Waals surface area contributed by atoms with E-state index in [9.17, 15) is 4.79 Å². The van der Waals surface area contributed by atoms with Gasteiger partial charge in [0.25, 0.3) is 0 Å². The fraction of sp³-hybridized carbons (Fsp3) is 0.176. The zero-order valence-corrected chi connectivity index (χ0v) is 15.6. The molecule has 2 aromatic heterocycles. The molecule has 0 atom stereocenters. The number of thioether (sulfide) groups is 1. The average Bonchev–Trinajstić information content (AvgIpc) is 3.03. The quantitative estimate of drug-likeness (QED) is 0.451. The van der Waals surface area contributed by atoms with Crippen LogP contribution in [0.5, 0.6) is 0 Å². The van der Waals surface area contributed by atoms with E-state index in [2.05, 4.69) is 15.2 Å². The molecule has 0 spiro atoms. The highest BCUT2D eigenvalue weighted by Gasteiger charge is 2.16. The van der Waals surface area contributed by atoms with Crippen molar-refractivity contribution in [1.29, 1.82) is 0 Å². The van der Waals surface area contributed by atoms with Crippen LogP contribution in [0.15, 0.2) is 47.9 Å². The van der Waals surface area contributed by atoms with Gasteiger partial charge in [0.05, 0.1) is 10.8 Å². The Morgan fingerprint density at radius 2 is 1.92 bits per heavy atom. The van der Waals surface area contributed by atoms with E-state index < -0.39 is 0 Å². The molecule has 0 fully saturated rings. The van der Waals surface area contributed by atoms with Gasteiger partial charge in [-0.2, -0.15) is 0 Å². The Hall–Kier alpha value is -1.89. The number of aromatic nitrogens is 4. The van der Waals surface area contributed by atoms with Crippen LogP contribution in [0.25, 0.3) is 11.4 Å². The zero-order valence-electron chi connectivity index (χ0n) is 13.3. The number of benzene rings is 1. The maximum absolute atomic E-state index is 12.4. The van der Waals surface area contributed by atoms with Crippen LogP contribution in [-0.4, -0.2) is 31.3 Å². The predicted molar refractivity (Wildman–Crippen MR) is 100 cm³/mol. The maximum Gasteiger partial charge on any atom is 0.191 e. The molecule has 5 nitrogen and oxygen atoms in total. The molecule has 0 amide bonds. The van der Waals surface area contributed by atoms with Crippen LogP contribution in [0.3, 0.4) is 0 Å². The molecule has 3 rings (SSSR count). The number of carbonyl (C=O) groups is 1. The van der Waals surface area contributed by atoms with Crippen LogP contribution in [0, 0.1) is 0 Å². The van der Waals surface area contributed by atoms with Gasteiger partial charge < -0.3 is 4.57 Å². The Balaban J connectivity index is 1.77. The zero-order chi connectivity index (χ0) is 17.8. The molecule has 0 aliphatic rings. The summed E-state index contributed by atoms with van der Waals surface area (Å²) in [6.07, 6.45) is 3.42. The molecule has 2 heterocycles. The predicted octanol–water partition coefficient (Wildman–Crippen LogP) is 4.64. The van der Waals surface area contributed by atoms with Crippen molar-refractivity contribution in [2.24, 2.45) is 0 Å². The summed E-state index contributed by atoms with van der Waals surface area (Å²) in [4.78, 5) is 16.4. The fourth-order valence-electron chi connectivity index (χ4n) is 2.32. The van der Waals surface area contributed by atoms with Crippen molar-refractivity contribution in [3.63, 3.8) is 0 Å². The lowest BCUT2D eigenvalue weighted by atomic mass is 10.1. The largest absolute Gasteiger partial charge is 0.302 e. The first-order chi connectivity index (χ1) is 12.1. The lowest BCUT2D eigenvalue weighted by Gasteiger charge is -2.07. The number of Topliss-reactive ketones (excluding diaryl/α,β-unsaturated/α-hetero) is 1. The topological polar surface area (TPSA) is 60.7 Å². The molecule has 0 N–H and O–H groups in total. The molecule has 0 unspecified atom stereocenters. The van der Waals surface area contributed by atoms with Gasteiger partial charge in [0.1, 0.15) is 0 Å². The molecule has 8 heteroatoms. The molecule has 0 saturated carbocycles. The highest BCUT2D eigenvalue weighted by Crippen LogP contribution is 2.26. The monoisotopic (exact) mass is 392 g/mol. The summed E-state index contributed by atoms with van der Waals surface area (Å²) >= 11 is 13.3. The molecule has 0 saturated heterocycles. The minimum absolute atomic E-state index is 0.0808. The molecule has 128 valence electrons. The summed E-state index contributed by atoms with van der Waals surface area (Å²) in [6, 6.07) is 8.62. The minimum Gasteiger partial charge on any atom is -0.302 e. The van der Waals surface area contributed by atoms with Crippen molar-refractivity contribution in [3.8, 4) is 11.4 Å². The van der Waals surface area contributed by atoms with Crippen molar-refractivity contribution in [3.05, 3.63) is 58.3 Å². The molecule has 25 heavy (non-hydrogen) atoms. The summed E-state index contributed by atoms with van der Waals surface area (Å²) in [5.41, 5.74) is 1.39. The number of hydrogen-bond donors (Lipinski definition) is 0. The Bertz CT molecular complexity index is 899. The number of hydrogen-bond acceptors (Lipinski definition) is 5. The molecule has 1 aromatic carbocycles. The summed E-state index contributed by atoms with van der Waals surface area (Å²) < 4.78 is 1.97. The Labute approximate surface area is 159 Å². The lowest BCUT2D eigenvalue weighted by Crippen LogP contribution is -2.06. The fourth-order valence-corrected chi connectivity index (χ4v) is 3.72. The molecule has 0 aliphatic carbocycles. The number of halogens is 2. The molecule has 3 aromatic rings. The van der Waals surface area contributed by atoms with Crippen LogP contribution in [0.2, 0.25) is 10.0 Å². The molecular weight excluding hydrogens is 379 g/mol. The Morgan fingerprint density at radius 1 is 1.16 bits per heavy atom. The van der Waals surface area contributed by atoms with Crippen LogP contribution >= 0.6 is 35.0 Å². The van der Waals surface area contributed by atoms with E-state index in [1.54, 1.807) is 30.6 Å². The number of rotatable bonds is 6. The van der Waals surface area contributed by atoms with Gasteiger partial charge >= 0.3 is 0 Å². The summed E-state index contributed by atoms with van der Waals surface area (Å²) in [7, 11) is 0. The normalized spacial score (nSPS) is 10.8. The summed E-state index contributed by atoms with van der Waals surface area (Å²) in [5.74, 6) is 0.891. The third-order valence-corrected chi connectivity index (χ3v) is 5.05. The van der Waals surface area contributed by atoms with Gasteiger partial charge in [-0.15, -0.1) is 10.2 Å². The molecule has 0 aliphatic heterocycles. The van der Waals surface area contributed by atoms with Crippen molar-refractivity contribution < 1.29 is 4.79 Å². The standard InChI is InChI=1S/C17H14Cl2N4OS/c1-2-23-16(11-5-7-20-8-6-11)21-22-17(23)25-10-15(24)13-4-3-12(18)9-14(13)19/h3-9H,2,10H2,1H3. The van der Waals surface area contributed by atoms with Gasteiger partial charge in [-0.3, -0.25) is 9.78 Å². The van der Waals surface area contributed by atoms with Gasteiger partial charge in [-0.25, -0.2) is 0 Å². The summed E-state index contributed by atoms with van der Waals surface area (Å²) in [6.45, 7) is 2.71. The van der Waals surface area contributed by atoms with E-state index in [1.165, 1.54) is 11.8 Å². The van der Waals surface area contributed by atoms with Crippen LogP contribution < -0.4 is 0 Å². The second kappa shape index (κ2) is 7.99. The first kappa shape index (κ1) is 17.9. The SMILES string of the molecule is CCn1c(SCC(=O)c2ccc(Cl)cc2Cl)nnc1-c1ccncc1. The second-order valence-corrected chi connectivity index (χ2v) is 6.91. The highest BCUT2D eigenvalue weighted by molar-refractivity contribution is 7.99. The molecule has 0 radical (unpaired) electrons. The van der Waals surface area contributed by atoms with Gasteiger partial charge in [0, 0.05) is 35.1 Å². The van der Waals surface area contributed by atoms with Crippen LogP contribution in [0.4, 0.5) is 0 Å². The lowest BCUT2D eigenvalue weighted by molar-refractivity contribution is 0.102. The van der Waals surface area contributed by atoms with E-state index in [0.717, 1.165) is 11.4 Å². The average molecular weight is 393 g/mol. The number of nitrogens with zero attached hydrogens (tertiary/aromatic N) is 4. The first-order valence-electron chi connectivity index (χ1n) is 7.54. The summed E-state index contributed by atoms with van der Waals surface area (Å²) in [5, 5.41) is 10.0. The van der Waals surface area contributed by atoms with Crippen LogP contribution in [0.1, 0.15) is 17.3 Å². The maximum atomic E-state index is 12.4. The van der Waals surface area contributed by atoms with Gasteiger partial charge in [-0.1, -0.05) is 35.0 Å². The van der Waals surface area contributed by atoms with E-state index in [0.29, 0.717) is 27.3 Å². The first-order valence-corrected chi connectivity index (χ1v) is 9.29. The number of ketones is 1. The van der Waals surface area contributed by atoms with Crippen molar-refractivity contribution in [2.45, 2.75) is 18.6 Å². The third kappa shape index (κ3) is 4.03. The Morgan fingerprint density at radius 3 is 2.60 bits per heavy atom. The smallest absolute Gasteiger partial charge is 0.191 e. The van der Waals surface area contributed by atoms with Crippen molar-refractivity contribution in [1.82, 2.24) is 19.7 Å². The highest BCUT2D eigenvalue weighted by atomic mass is 35.5. The number of pyridine rings is 1. The number of carbonyl (C=O) groups excluding carboxylic acids is 1. The molecule has 0 bridgehead atoms. The van der Waals surface area contributed by atoms with Gasteiger partial charge in [0.15, 0.2) is 16.8 Å². The van der Waals surface area contributed by atoms with Crippen molar-refractivity contribution in [2.75, 3.05) is 5.75 Å². The van der Waals surface area contributed by atoms with E-state index >= 15 is 0 Å². The van der Waals surface area contributed by atoms with Gasteiger partial charge in [0.2, 0.25) is 0 Å². The van der Waals surface area contributed by atoms with E-state index in [4.69, 9.17) is 23.2 Å². The van der Waals surface area contributed by atoms with E-state index in [-0.39, 0.29) is 11.5 Å². The van der Waals surface area contributed by atoms with Crippen LogP contribution in [-0.2, 0) is 6.54 Å². The van der Waals surface area contributed by atoms with Crippen molar-refractivity contribution >= 4 is 40.7 Å². The minimum atomic E-state index is -0.0808.